The van der Waals surface area contributed by atoms with E-state index < -0.39 is 76.5 Å². The van der Waals surface area contributed by atoms with Crippen molar-refractivity contribution in [2.45, 2.75) is 39.9 Å². The number of anilines is 1. The zero-order chi connectivity index (χ0) is 30.5. The fourth-order valence-electron chi connectivity index (χ4n) is 3.88. The summed E-state index contributed by atoms with van der Waals surface area (Å²) >= 11 is 0. The summed E-state index contributed by atoms with van der Waals surface area (Å²) in [6.45, 7) is 6.96. The summed E-state index contributed by atoms with van der Waals surface area (Å²) in [5.41, 5.74) is -3.23. The Kier molecular flexibility index (Phi) is 8.08. The molecule has 40 heavy (non-hydrogen) atoms. The van der Waals surface area contributed by atoms with Gasteiger partial charge in [0.15, 0.2) is 11.6 Å². The maximum absolute atomic E-state index is 13.7. The van der Waals surface area contributed by atoms with E-state index in [0.29, 0.717) is 23.7 Å². The zero-order valence-electron chi connectivity index (χ0n) is 22.2. The lowest BCUT2D eigenvalue weighted by molar-refractivity contribution is -0.138. The summed E-state index contributed by atoms with van der Waals surface area (Å²) in [7, 11) is -7.52. The van der Waals surface area contributed by atoms with E-state index in [2.05, 4.69) is 10.3 Å². The van der Waals surface area contributed by atoms with Crippen molar-refractivity contribution in [1.29, 1.82) is 0 Å². The molecular formula is C23H28F3N5O7S2. The first-order valence-electron chi connectivity index (χ1n) is 11.5. The summed E-state index contributed by atoms with van der Waals surface area (Å²) in [4.78, 5) is 17.7. The molecule has 3 rings (SSSR count). The zero-order valence-corrected chi connectivity index (χ0v) is 23.8. The van der Waals surface area contributed by atoms with Gasteiger partial charge < -0.3 is 19.7 Å². The summed E-state index contributed by atoms with van der Waals surface area (Å²) < 4.78 is 97.8. The molecule has 0 aliphatic carbocycles. The number of nitrogens with one attached hydrogen (secondary N) is 2. The number of nitrogens with two attached hydrogens (primary N) is 1. The summed E-state index contributed by atoms with van der Waals surface area (Å²) in [6, 6.07) is 2.01. The smallest absolute Gasteiger partial charge is 0.417 e. The van der Waals surface area contributed by atoms with E-state index >= 15 is 0 Å². The first-order valence-corrected chi connectivity index (χ1v) is 14.6. The lowest BCUT2D eigenvalue weighted by Gasteiger charge is -2.20. The van der Waals surface area contributed by atoms with Crippen molar-refractivity contribution in [1.82, 2.24) is 9.62 Å². The van der Waals surface area contributed by atoms with Crippen LogP contribution in [0.25, 0.3) is 0 Å². The molecule has 0 fully saturated rings. The summed E-state index contributed by atoms with van der Waals surface area (Å²) in [5, 5.41) is 18.3. The highest BCUT2D eigenvalue weighted by atomic mass is 32.3. The number of amides is 1. The highest BCUT2D eigenvalue weighted by molar-refractivity contribution is 8.13. The molecule has 1 aliphatic rings. The van der Waals surface area contributed by atoms with E-state index in [4.69, 9.17) is 9.56 Å². The van der Waals surface area contributed by atoms with Crippen LogP contribution in [0.1, 0.15) is 52.9 Å². The molecule has 1 atom stereocenters. The number of furan rings is 1. The van der Waals surface area contributed by atoms with Crippen molar-refractivity contribution < 1.29 is 44.3 Å². The van der Waals surface area contributed by atoms with E-state index in [1.54, 1.807) is 33.8 Å². The number of halogens is 3. The van der Waals surface area contributed by atoms with Gasteiger partial charge in [-0.3, -0.25) is 14.5 Å². The van der Waals surface area contributed by atoms with Gasteiger partial charge in [-0.15, -0.1) is 0 Å². The van der Waals surface area contributed by atoms with Gasteiger partial charge in [0.2, 0.25) is 4.24 Å². The Morgan fingerprint density at radius 2 is 1.82 bits per heavy atom. The number of hydrogen-bond donors (Lipinski definition) is 4. The predicted octanol–water partition coefficient (Wildman–Crippen LogP) is 2.92. The molecule has 0 saturated heterocycles. The number of phenolic OH excluding ortho intramolecular Hbond substituents is 1. The highest BCUT2D eigenvalue weighted by Crippen LogP contribution is 2.41. The number of carbonyl (C=O) groups excluding carboxylic acids is 1. The van der Waals surface area contributed by atoms with Crippen molar-refractivity contribution >= 4 is 37.5 Å². The van der Waals surface area contributed by atoms with E-state index in [9.17, 15) is 39.9 Å². The minimum absolute atomic E-state index is 0.314. The Labute approximate surface area is 228 Å². The molecule has 0 bridgehead atoms. The number of primary sulfonamides is 1. The average Bonchev–Trinajstić information content (AvgIpc) is 3.25. The summed E-state index contributed by atoms with van der Waals surface area (Å²) in [5.74, 6) is -2.41. The van der Waals surface area contributed by atoms with Crippen LogP contribution in [-0.2, 0) is 26.2 Å². The Hall–Kier alpha value is -3.57. The van der Waals surface area contributed by atoms with Gasteiger partial charge in [-0.05, 0) is 43.5 Å². The molecule has 220 valence electrons. The first kappa shape index (κ1) is 31.0. The number of rotatable bonds is 7. The Balaban J connectivity index is 2.30. The van der Waals surface area contributed by atoms with Crippen LogP contribution in [0.15, 0.2) is 37.5 Å². The number of aryl methyl sites for hydroxylation is 2. The van der Waals surface area contributed by atoms with Gasteiger partial charge in [0.05, 0.1) is 16.8 Å². The fourth-order valence-corrected chi connectivity index (χ4v) is 6.58. The third-order valence-electron chi connectivity index (χ3n) is 5.91. The maximum Gasteiger partial charge on any atom is 0.417 e. The van der Waals surface area contributed by atoms with Crippen molar-refractivity contribution in [3.63, 3.8) is 0 Å². The number of amidine groups is 1. The number of aliphatic imine (C=N–C) groups is 1. The van der Waals surface area contributed by atoms with Crippen molar-refractivity contribution in [2.75, 3.05) is 19.4 Å². The van der Waals surface area contributed by atoms with Crippen LogP contribution in [-0.4, -0.2) is 52.7 Å². The molecule has 1 aliphatic heterocycles. The van der Waals surface area contributed by atoms with Crippen LogP contribution < -0.4 is 15.2 Å². The lowest BCUT2D eigenvalue weighted by atomic mass is 10.0. The van der Waals surface area contributed by atoms with Crippen LogP contribution >= 0.6 is 0 Å². The molecule has 0 unspecified atom stereocenters. The number of benzene rings is 1. The van der Waals surface area contributed by atoms with Crippen molar-refractivity contribution in [3.05, 3.63) is 56.3 Å². The van der Waals surface area contributed by atoms with E-state index in [-0.39, 0.29) is 5.92 Å². The first-order chi connectivity index (χ1) is 18.2. The van der Waals surface area contributed by atoms with Crippen LogP contribution in [0, 0.1) is 19.8 Å². The molecule has 2 heterocycles. The van der Waals surface area contributed by atoms with Gasteiger partial charge in [-0.2, -0.15) is 13.2 Å². The van der Waals surface area contributed by atoms with Gasteiger partial charge in [0.1, 0.15) is 23.3 Å². The van der Waals surface area contributed by atoms with Crippen molar-refractivity contribution in [3.8, 4) is 5.75 Å². The predicted molar refractivity (Wildman–Crippen MR) is 140 cm³/mol. The normalized spacial score (nSPS) is 17.3. The van der Waals surface area contributed by atoms with E-state index in [1.165, 1.54) is 0 Å². The van der Waals surface area contributed by atoms with Crippen LogP contribution in [0.5, 0.6) is 5.75 Å². The van der Waals surface area contributed by atoms with Gasteiger partial charge in [0, 0.05) is 14.1 Å². The number of aromatic hydroxyl groups is 1. The van der Waals surface area contributed by atoms with Crippen LogP contribution in [0.3, 0.4) is 0 Å². The number of hydrogen-bond acceptors (Lipinski definition) is 9. The Bertz CT molecular complexity index is 1620. The largest absolute Gasteiger partial charge is 0.505 e. The maximum atomic E-state index is 13.7. The molecule has 0 spiro atoms. The third-order valence-corrected chi connectivity index (χ3v) is 9.14. The Morgan fingerprint density at radius 1 is 1.23 bits per heavy atom. The molecule has 2 aromatic rings. The van der Waals surface area contributed by atoms with Gasteiger partial charge in [0.25, 0.3) is 26.0 Å². The van der Waals surface area contributed by atoms with E-state index in [0.717, 1.165) is 24.6 Å². The van der Waals surface area contributed by atoms with Crippen LogP contribution in [0.2, 0.25) is 0 Å². The third kappa shape index (κ3) is 5.95. The average molecular weight is 608 g/mol. The molecule has 1 aromatic carbocycles. The SMILES string of the molecule is Cc1cc([C@H](N=C2NS(=O)(=O)C(S(N)(=O)=O)=C2Nc2ccc(C(F)(F)F)c(C(=O)N(C)C)c2O)C(C)C)oc1C. The number of sulfonamides is 2. The fraction of sp³-hybridized carbons (Fsp3) is 0.391. The molecule has 1 amide bonds. The number of carbonyl (C=O) groups is 1. The molecule has 12 nitrogen and oxygen atoms in total. The Morgan fingerprint density at radius 3 is 2.27 bits per heavy atom. The second kappa shape index (κ2) is 10.4. The second-order valence-corrected chi connectivity index (χ2v) is 13.0. The van der Waals surface area contributed by atoms with Gasteiger partial charge in [-0.25, -0.2) is 22.0 Å². The van der Waals surface area contributed by atoms with E-state index in [1.807, 2.05) is 4.72 Å². The summed E-state index contributed by atoms with van der Waals surface area (Å²) in [6.07, 6.45) is -5.04. The standard InChI is InChI=1S/C23H28F3N5O7S2/c1-10(2)17(15-9-11(3)12(4)38-15)29-20-18(22(39(27,34)35)40(36,37)30-20)28-14-8-7-13(23(24,25)26)16(19(14)32)21(33)31(5)6/h7-10,17,28,32H,1-6H3,(H,29,30)(H2,27,34,35)/t17-/m1/s1. The monoisotopic (exact) mass is 607 g/mol. The van der Waals surface area contributed by atoms with Gasteiger partial charge >= 0.3 is 6.18 Å². The van der Waals surface area contributed by atoms with Crippen LogP contribution in [0.4, 0.5) is 18.9 Å². The minimum atomic E-state index is -5.04. The molecule has 1 aromatic heterocycles. The molecule has 5 N–H and O–H groups in total. The van der Waals surface area contributed by atoms with Gasteiger partial charge in [-0.1, -0.05) is 13.8 Å². The molecule has 17 heteroatoms. The number of nitrogens with zero attached hydrogens (tertiary/aromatic N) is 2. The lowest BCUT2D eigenvalue weighted by Crippen LogP contribution is -2.28. The second-order valence-electron chi connectivity index (χ2n) is 9.57. The molecular weight excluding hydrogens is 579 g/mol. The number of alkyl halides is 3. The molecule has 0 radical (unpaired) electrons. The number of phenols is 1. The molecule has 0 saturated carbocycles. The quantitative estimate of drug-likeness (QED) is 0.346. The topological polar surface area (TPSA) is 184 Å². The van der Waals surface area contributed by atoms with Crippen molar-refractivity contribution in [2.24, 2.45) is 16.0 Å². The highest BCUT2D eigenvalue weighted by Gasteiger charge is 2.43. The minimum Gasteiger partial charge on any atom is -0.505 e.